The van der Waals surface area contributed by atoms with Gasteiger partial charge in [-0.25, -0.2) is 9.97 Å². The number of nitrogens with one attached hydrogen (secondary N) is 1. The van der Waals surface area contributed by atoms with Crippen LogP contribution in [0.3, 0.4) is 0 Å². The number of aromatic nitrogens is 4. The number of anilines is 1. The minimum absolute atomic E-state index is 0.351. The van der Waals surface area contributed by atoms with Crippen molar-refractivity contribution in [3.63, 3.8) is 0 Å². The molecule has 0 bridgehead atoms. The molecule has 0 saturated carbocycles. The first-order valence-electron chi connectivity index (χ1n) is 9.68. The van der Waals surface area contributed by atoms with Crippen LogP contribution in [0.15, 0.2) is 42.9 Å². The van der Waals surface area contributed by atoms with Gasteiger partial charge >= 0.3 is 0 Å². The van der Waals surface area contributed by atoms with Crippen LogP contribution >= 0.6 is 11.3 Å². The predicted octanol–water partition coefficient (Wildman–Crippen LogP) is 3.56. The number of hydrogen-bond donors (Lipinski definition) is 1. The van der Waals surface area contributed by atoms with E-state index in [2.05, 4.69) is 42.1 Å². The Balaban J connectivity index is 1.27. The van der Waals surface area contributed by atoms with E-state index in [0.717, 1.165) is 31.3 Å². The fourth-order valence-electron chi connectivity index (χ4n) is 4.57. The number of hydrogen-bond acceptors (Lipinski definition) is 6. The number of nitrogens with zero attached hydrogens (tertiary/aromatic N) is 5. The summed E-state index contributed by atoms with van der Waals surface area (Å²) in [6.45, 7) is 4.36. The molecule has 27 heavy (non-hydrogen) atoms. The predicted molar refractivity (Wildman–Crippen MR) is 108 cm³/mol. The number of likely N-dealkylation sites (tertiary alicyclic amines) is 1. The molecule has 0 radical (unpaired) electrons. The van der Waals surface area contributed by atoms with Crippen molar-refractivity contribution in [1.29, 1.82) is 0 Å². The summed E-state index contributed by atoms with van der Waals surface area (Å²) in [5, 5.41) is 7.13. The summed E-state index contributed by atoms with van der Waals surface area (Å²) >= 11 is 1.88. The van der Waals surface area contributed by atoms with Crippen molar-refractivity contribution in [1.82, 2.24) is 25.1 Å². The zero-order chi connectivity index (χ0) is 18.1. The minimum Gasteiger partial charge on any atom is -0.341 e. The first kappa shape index (κ1) is 16.9. The van der Waals surface area contributed by atoms with Crippen molar-refractivity contribution in [2.24, 2.45) is 0 Å². The van der Waals surface area contributed by atoms with Crippen LogP contribution < -0.4 is 4.90 Å². The van der Waals surface area contributed by atoms with Crippen molar-refractivity contribution in [2.45, 2.75) is 37.8 Å². The summed E-state index contributed by atoms with van der Waals surface area (Å²) in [5.41, 5.74) is 1.46. The molecule has 0 amide bonds. The Morgan fingerprint density at radius 1 is 1.00 bits per heavy atom. The SMILES string of the molecule is c1cnc(N2CCC3(CCCN3Cc3ccc(-c4ccn[nH]4)s3)CC2)nc1. The van der Waals surface area contributed by atoms with E-state index in [1.54, 1.807) is 0 Å². The van der Waals surface area contributed by atoms with Crippen molar-refractivity contribution < 1.29 is 0 Å². The smallest absolute Gasteiger partial charge is 0.225 e. The molecule has 5 rings (SSSR count). The average molecular weight is 381 g/mol. The molecule has 1 N–H and O–H groups in total. The molecule has 6 nitrogen and oxygen atoms in total. The Kier molecular flexibility index (Phi) is 4.41. The summed E-state index contributed by atoms with van der Waals surface area (Å²) < 4.78 is 0. The highest BCUT2D eigenvalue weighted by Gasteiger charge is 2.43. The Morgan fingerprint density at radius 2 is 1.85 bits per heavy atom. The van der Waals surface area contributed by atoms with Crippen LogP contribution in [0.25, 0.3) is 10.6 Å². The van der Waals surface area contributed by atoms with Gasteiger partial charge < -0.3 is 4.90 Å². The van der Waals surface area contributed by atoms with Crippen molar-refractivity contribution in [2.75, 3.05) is 24.5 Å². The molecule has 3 aromatic heterocycles. The summed E-state index contributed by atoms with van der Waals surface area (Å²) in [7, 11) is 0. The zero-order valence-corrected chi connectivity index (χ0v) is 16.2. The normalized spacial score (nSPS) is 19.8. The van der Waals surface area contributed by atoms with Crippen LogP contribution in [0.2, 0.25) is 0 Å². The van der Waals surface area contributed by atoms with Gasteiger partial charge in [-0.05, 0) is 56.5 Å². The molecule has 2 saturated heterocycles. The maximum Gasteiger partial charge on any atom is 0.225 e. The largest absolute Gasteiger partial charge is 0.341 e. The van der Waals surface area contributed by atoms with Gasteiger partial charge in [-0.15, -0.1) is 11.3 Å². The molecule has 2 fully saturated rings. The topological polar surface area (TPSA) is 60.9 Å². The van der Waals surface area contributed by atoms with Crippen molar-refractivity contribution >= 4 is 17.3 Å². The summed E-state index contributed by atoms with van der Waals surface area (Å²) in [6.07, 6.45) is 10.5. The second kappa shape index (κ2) is 7.05. The molecule has 0 atom stereocenters. The zero-order valence-electron chi connectivity index (χ0n) is 15.3. The monoisotopic (exact) mass is 380 g/mol. The van der Waals surface area contributed by atoms with E-state index in [-0.39, 0.29) is 0 Å². The van der Waals surface area contributed by atoms with Crippen LogP contribution in [0.5, 0.6) is 0 Å². The Labute approximate surface area is 163 Å². The number of aromatic amines is 1. The lowest BCUT2D eigenvalue weighted by Crippen LogP contribution is -2.52. The third-order valence-corrected chi connectivity index (χ3v) is 7.15. The second-order valence-electron chi connectivity index (χ2n) is 7.52. The molecular weight excluding hydrogens is 356 g/mol. The van der Waals surface area contributed by atoms with Gasteiger partial charge in [-0.1, -0.05) is 0 Å². The fourth-order valence-corrected chi connectivity index (χ4v) is 5.57. The molecule has 1 spiro atoms. The third kappa shape index (κ3) is 3.26. The van der Waals surface area contributed by atoms with Gasteiger partial charge in [0.25, 0.3) is 0 Å². The Bertz CT molecular complexity index is 867. The van der Waals surface area contributed by atoms with Gasteiger partial charge in [0.1, 0.15) is 0 Å². The summed E-state index contributed by atoms with van der Waals surface area (Å²) in [5.74, 6) is 0.874. The lowest BCUT2D eigenvalue weighted by atomic mass is 9.85. The molecule has 0 aromatic carbocycles. The Morgan fingerprint density at radius 3 is 2.63 bits per heavy atom. The van der Waals surface area contributed by atoms with E-state index >= 15 is 0 Å². The maximum atomic E-state index is 4.43. The number of rotatable bonds is 4. The van der Waals surface area contributed by atoms with E-state index in [9.17, 15) is 0 Å². The summed E-state index contributed by atoms with van der Waals surface area (Å²) in [6, 6.07) is 8.41. The van der Waals surface area contributed by atoms with Crippen molar-refractivity contribution in [3.05, 3.63) is 47.7 Å². The molecule has 5 heterocycles. The highest BCUT2D eigenvalue weighted by Crippen LogP contribution is 2.40. The van der Waals surface area contributed by atoms with Crippen LogP contribution in [-0.2, 0) is 6.54 Å². The standard InChI is InChI=1S/C20H24N6S/c1-6-20(7-13-25(14-8-20)19-21-9-2-10-22-19)26(12-1)15-16-3-4-18(27-16)17-5-11-23-24-17/h2-5,9-11H,1,6-8,12-15H2,(H,23,24). The van der Waals surface area contributed by atoms with Gasteiger partial charge in [-0.2, -0.15) is 5.10 Å². The first-order chi connectivity index (χ1) is 13.3. The van der Waals surface area contributed by atoms with E-state index < -0.39 is 0 Å². The first-order valence-corrected chi connectivity index (χ1v) is 10.5. The van der Waals surface area contributed by atoms with Gasteiger partial charge in [0.2, 0.25) is 5.95 Å². The fraction of sp³-hybridized carbons (Fsp3) is 0.450. The number of thiophene rings is 1. The molecule has 3 aromatic rings. The molecule has 2 aliphatic heterocycles. The summed E-state index contributed by atoms with van der Waals surface area (Å²) in [4.78, 5) is 16.6. The Hall–Kier alpha value is -2.25. The van der Waals surface area contributed by atoms with E-state index in [1.807, 2.05) is 42.1 Å². The van der Waals surface area contributed by atoms with Crippen LogP contribution in [0, 0.1) is 0 Å². The van der Waals surface area contributed by atoms with Crippen LogP contribution in [0.4, 0.5) is 5.95 Å². The molecule has 2 aliphatic rings. The van der Waals surface area contributed by atoms with Crippen LogP contribution in [0.1, 0.15) is 30.6 Å². The minimum atomic E-state index is 0.351. The highest BCUT2D eigenvalue weighted by molar-refractivity contribution is 7.15. The lowest BCUT2D eigenvalue weighted by molar-refractivity contribution is 0.101. The van der Waals surface area contributed by atoms with Crippen LogP contribution in [-0.4, -0.2) is 50.2 Å². The van der Waals surface area contributed by atoms with Gasteiger partial charge in [0, 0.05) is 48.6 Å². The lowest BCUT2D eigenvalue weighted by Gasteiger charge is -2.45. The highest BCUT2D eigenvalue weighted by atomic mass is 32.1. The molecule has 0 unspecified atom stereocenters. The molecule has 7 heteroatoms. The number of piperidine rings is 1. The molecular formula is C20H24N6S. The molecule has 140 valence electrons. The maximum absolute atomic E-state index is 4.43. The van der Waals surface area contributed by atoms with E-state index in [1.165, 1.54) is 42.0 Å². The third-order valence-electron chi connectivity index (χ3n) is 6.04. The van der Waals surface area contributed by atoms with E-state index in [0.29, 0.717) is 5.54 Å². The van der Waals surface area contributed by atoms with E-state index in [4.69, 9.17) is 0 Å². The van der Waals surface area contributed by atoms with Gasteiger partial charge in [0.05, 0.1) is 10.6 Å². The van der Waals surface area contributed by atoms with Gasteiger partial charge in [-0.3, -0.25) is 10.00 Å². The van der Waals surface area contributed by atoms with Crippen molar-refractivity contribution in [3.8, 4) is 10.6 Å². The second-order valence-corrected chi connectivity index (χ2v) is 8.69. The average Bonchev–Trinajstić information content (AvgIpc) is 3.46. The quantitative estimate of drug-likeness (QED) is 0.750. The molecule has 0 aliphatic carbocycles. The number of H-pyrrole nitrogens is 1. The van der Waals surface area contributed by atoms with Gasteiger partial charge in [0.15, 0.2) is 0 Å².